The van der Waals surface area contributed by atoms with E-state index in [1.54, 1.807) is 6.20 Å². The van der Waals surface area contributed by atoms with Crippen molar-refractivity contribution in [2.24, 2.45) is 11.7 Å². The number of hydrogen-bond acceptors (Lipinski definition) is 7. The predicted molar refractivity (Wildman–Crippen MR) is 157 cm³/mol. The Labute approximate surface area is 247 Å². The minimum absolute atomic E-state index is 0.0233. The number of carbonyl (C=O) groups excluding carboxylic acids is 3. The smallest absolute Gasteiger partial charge is 0.326 e. The number of aromatic nitrogens is 1. The first-order chi connectivity index (χ1) is 20.3. The second-order valence-electron chi connectivity index (χ2n) is 10.8. The summed E-state index contributed by atoms with van der Waals surface area (Å²) < 4.78 is 0. The van der Waals surface area contributed by atoms with Crippen molar-refractivity contribution >= 4 is 40.6 Å². The fourth-order valence-electron chi connectivity index (χ4n) is 4.61. The number of amides is 3. The van der Waals surface area contributed by atoms with Crippen LogP contribution in [0.5, 0.6) is 5.75 Å². The monoisotopic (exact) mass is 595 g/mol. The number of H-pyrrole nitrogens is 1. The second kappa shape index (κ2) is 14.8. The van der Waals surface area contributed by atoms with Crippen LogP contribution in [-0.2, 0) is 36.8 Å². The Hall–Kier alpha value is -4.91. The van der Waals surface area contributed by atoms with Crippen molar-refractivity contribution < 1.29 is 39.3 Å². The number of aromatic amines is 1. The van der Waals surface area contributed by atoms with Gasteiger partial charge in [-0.05, 0) is 48.1 Å². The number of fused-ring (bicyclic) bond motifs is 1. The molecule has 0 radical (unpaired) electrons. The average molecular weight is 596 g/mol. The highest BCUT2D eigenvalue weighted by Crippen LogP contribution is 2.19. The van der Waals surface area contributed by atoms with Crippen LogP contribution >= 0.6 is 0 Å². The van der Waals surface area contributed by atoms with Crippen molar-refractivity contribution in [2.45, 2.75) is 63.7 Å². The molecule has 3 amide bonds. The third-order valence-corrected chi connectivity index (χ3v) is 6.79. The summed E-state index contributed by atoms with van der Waals surface area (Å²) in [6.45, 7) is 3.70. The summed E-state index contributed by atoms with van der Waals surface area (Å²) in [5.41, 5.74) is 8.47. The van der Waals surface area contributed by atoms with Crippen LogP contribution in [0.1, 0.15) is 37.8 Å². The maximum atomic E-state index is 13.5. The topological polar surface area (TPSA) is 224 Å². The lowest BCUT2D eigenvalue weighted by Crippen LogP contribution is -2.58. The highest BCUT2D eigenvalue weighted by molar-refractivity contribution is 5.95. The average Bonchev–Trinajstić information content (AvgIpc) is 3.35. The van der Waals surface area contributed by atoms with E-state index >= 15 is 0 Å². The van der Waals surface area contributed by atoms with Crippen molar-refractivity contribution in [3.05, 3.63) is 65.9 Å². The Morgan fingerprint density at radius 1 is 0.814 bits per heavy atom. The molecule has 43 heavy (non-hydrogen) atoms. The first-order valence-corrected chi connectivity index (χ1v) is 13.8. The zero-order valence-corrected chi connectivity index (χ0v) is 23.9. The van der Waals surface area contributed by atoms with Gasteiger partial charge in [0, 0.05) is 23.5 Å². The Morgan fingerprint density at radius 2 is 1.42 bits per heavy atom. The number of nitrogens with two attached hydrogens (primary N) is 1. The number of benzene rings is 2. The molecule has 13 heteroatoms. The Balaban J connectivity index is 1.77. The van der Waals surface area contributed by atoms with E-state index < -0.39 is 60.2 Å². The zero-order valence-electron chi connectivity index (χ0n) is 23.9. The fourth-order valence-corrected chi connectivity index (χ4v) is 4.61. The SMILES string of the molecule is CC(C)CC(NC(=O)C(N)Cc1c[nH]c2ccccc12)C(=O)NC(Cc1ccc(O)cc1)C(=O)NC(CC(=O)O)C(=O)O. The quantitative estimate of drug-likeness (QED) is 0.125. The number of hydrogen-bond donors (Lipinski definition) is 8. The molecule has 230 valence electrons. The van der Waals surface area contributed by atoms with Crippen LogP contribution in [0.2, 0.25) is 0 Å². The highest BCUT2D eigenvalue weighted by Gasteiger charge is 2.32. The van der Waals surface area contributed by atoms with Crippen LogP contribution in [0.4, 0.5) is 0 Å². The normalized spacial score (nSPS) is 14.0. The molecule has 0 spiro atoms. The Morgan fingerprint density at radius 3 is 2.05 bits per heavy atom. The maximum absolute atomic E-state index is 13.5. The van der Waals surface area contributed by atoms with E-state index in [0.717, 1.165) is 16.5 Å². The van der Waals surface area contributed by atoms with Gasteiger partial charge in [0.1, 0.15) is 23.9 Å². The van der Waals surface area contributed by atoms with E-state index in [0.29, 0.717) is 5.56 Å². The van der Waals surface area contributed by atoms with E-state index in [2.05, 4.69) is 20.9 Å². The van der Waals surface area contributed by atoms with Crippen molar-refractivity contribution in [1.29, 1.82) is 0 Å². The maximum Gasteiger partial charge on any atom is 0.326 e. The van der Waals surface area contributed by atoms with Crippen LogP contribution in [0.15, 0.2) is 54.7 Å². The number of para-hydroxylation sites is 1. The summed E-state index contributed by atoms with van der Waals surface area (Å²) in [6, 6.07) is 8.24. The first kappa shape index (κ1) is 32.6. The largest absolute Gasteiger partial charge is 0.508 e. The molecule has 3 aromatic rings. The molecule has 2 aromatic carbocycles. The van der Waals surface area contributed by atoms with Gasteiger partial charge in [-0.2, -0.15) is 0 Å². The standard InChI is InChI=1S/C30H37N5O8/c1-16(2)11-23(33-27(39)21(31)13-18-15-32-22-6-4-3-5-20(18)22)28(40)34-24(12-17-7-9-19(36)10-8-17)29(41)35-25(30(42)43)14-26(37)38/h3-10,15-16,21,23-25,32,36H,11-14,31H2,1-2H3,(H,33,39)(H,34,40)(H,35,41)(H,37,38)(H,42,43). The summed E-state index contributed by atoms with van der Waals surface area (Å²) >= 11 is 0. The minimum Gasteiger partial charge on any atom is -0.508 e. The third-order valence-electron chi connectivity index (χ3n) is 6.79. The lowest BCUT2D eigenvalue weighted by molar-refractivity contribution is -0.147. The summed E-state index contributed by atoms with van der Waals surface area (Å²) in [5, 5.41) is 36.4. The molecule has 4 atom stereocenters. The molecule has 4 unspecified atom stereocenters. The molecular formula is C30H37N5O8. The summed E-state index contributed by atoms with van der Waals surface area (Å²) in [6.07, 6.45) is 1.21. The van der Waals surface area contributed by atoms with E-state index in [-0.39, 0.29) is 30.9 Å². The molecule has 9 N–H and O–H groups in total. The van der Waals surface area contributed by atoms with E-state index in [4.69, 9.17) is 10.8 Å². The number of aliphatic carboxylic acids is 2. The van der Waals surface area contributed by atoms with Crippen LogP contribution < -0.4 is 21.7 Å². The molecule has 0 bridgehead atoms. The summed E-state index contributed by atoms with van der Waals surface area (Å²) in [4.78, 5) is 65.6. The molecule has 1 aromatic heterocycles. The van der Waals surface area contributed by atoms with Gasteiger partial charge >= 0.3 is 11.9 Å². The number of carbonyl (C=O) groups is 5. The van der Waals surface area contributed by atoms with Crippen LogP contribution in [0.3, 0.4) is 0 Å². The predicted octanol–water partition coefficient (Wildman–Crippen LogP) is 1.05. The van der Waals surface area contributed by atoms with Gasteiger partial charge in [-0.3, -0.25) is 19.2 Å². The van der Waals surface area contributed by atoms with Gasteiger partial charge in [-0.1, -0.05) is 44.2 Å². The molecule has 0 fully saturated rings. The summed E-state index contributed by atoms with van der Waals surface area (Å²) in [7, 11) is 0. The van der Waals surface area contributed by atoms with Crippen molar-refractivity contribution in [3.63, 3.8) is 0 Å². The molecule has 3 rings (SSSR count). The number of rotatable bonds is 15. The molecule has 0 aliphatic carbocycles. The Bertz CT molecular complexity index is 1450. The zero-order chi connectivity index (χ0) is 31.7. The van der Waals surface area contributed by atoms with Crippen molar-refractivity contribution in [2.75, 3.05) is 0 Å². The molecular weight excluding hydrogens is 558 g/mol. The number of carboxylic acids is 2. The van der Waals surface area contributed by atoms with Gasteiger partial charge in [0.05, 0.1) is 12.5 Å². The van der Waals surface area contributed by atoms with Gasteiger partial charge < -0.3 is 42.0 Å². The second-order valence-corrected chi connectivity index (χ2v) is 10.8. The van der Waals surface area contributed by atoms with Gasteiger partial charge in [0.15, 0.2) is 0 Å². The van der Waals surface area contributed by atoms with Crippen molar-refractivity contribution in [3.8, 4) is 5.75 Å². The van der Waals surface area contributed by atoms with Crippen molar-refractivity contribution in [1.82, 2.24) is 20.9 Å². The number of nitrogens with one attached hydrogen (secondary N) is 4. The number of phenolic OH excluding ortho intramolecular Hbond substituents is 1. The number of carboxylic acid groups (broad SMARTS) is 2. The molecule has 1 heterocycles. The number of aromatic hydroxyl groups is 1. The van der Waals surface area contributed by atoms with Gasteiger partial charge in [0.25, 0.3) is 0 Å². The van der Waals surface area contributed by atoms with E-state index in [9.17, 15) is 34.2 Å². The van der Waals surface area contributed by atoms with Crippen LogP contribution in [0.25, 0.3) is 10.9 Å². The van der Waals surface area contributed by atoms with Gasteiger partial charge in [-0.15, -0.1) is 0 Å². The van der Waals surface area contributed by atoms with E-state index in [1.807, 2.05) is 38.1 Å². The minimum atomic E-state index is -1.74. The molecule has 0 saturated heterocycles. The molecule has 0 aliphatic rings. The third kappa shape index (κ3) is 9.57. The van der Waals surface area contributed by atoms with Gasteiger partial charge in [0.2, 0.25) is 17.7 Å². The lowest BCUT2D eigenvalue weighted by Gasteiger charge is -2.26. The lowest BCUT2D eigenvalue weighted by atomic mass is 9.99. The van der Waals surface area contributed by atoms with E-state index in [1.165, 1.54) is 24.3 Å². The highest BCUT2D eigenvalue weighted by atomic mass is 16.4. The molecule has 0 saturated carbocycles. The Kier molecular flexibility index (Phi) is 11.2. The number of phenols is 1. The molecule has 13 nitrogen and oxygen atoms in total. The fraction of sp³-hybridized carbons (Fsp3) is 0.367. The van der Waals surface area contributed by atoms with Crippen LogP contribution in [0, 0.1) is 5.92 Å². The van der Waals surface area contributed by atoms with Crippen LogP contribution in [-0.4, -0.2) is 74.1 Å². The first-order valence-electron chi connectivity index (χ1n) is 13.8. The van der Waals surface area contributed by atoms with Gasteiger partial charge in [-0.25, -0.2) is 4.79 Å². The summed E-state index contributed by atoms with van der Waals surface area (Å²) in [5.74, 6) is -5.26. The molecule has 0 aliphatic heterocycles.